The predicted molar refractivity (Wildman–Crippen MR) is 52.6 cm³/mol. The van der Waals surface area contributed by atoms with Gasteiger partial charge in [0.05, 0.1) is 5.92 Å². The Kier molecular flexibility index (Phi) is 2.12. The van der Waals surface area contributed by atoms with Gasteiger partial charge < -0.3 is 5.11 Å². The van der Waals surface area contributed by atoms with E-state index in [-0.39, 0.29) is 11.8 Å². The minimum absolute atomic E-state index is 0.158. The molecule has 1 saturated carbocycles. The van der Waals surface area contributed by atoms with Gasteiger partial charge in [-0.3, -0.25) is 4.79 Å². The van der Waals surface area contributed by atoms with E-state index in [1.807, 2.05) is 24.3 Å². The minimum atomic E-state index is -0.676. The Morgan fingerprint density at radius 1 is 1.54 bits per heavy atom. The molecular weight excluding hydrogens is 232 g/mol. The monoisotopic (exact) mass is 240 g/mol. The fraction of sp³-hybridized carbons (Fsp3) is 0.300. The van der Waals surface area contributed by atoms with Crippen molar-refractivity contribution in [1.82, 2.24) is 0 Å². The smallest absolute Gasteiger partial charge is 0.307 e. The Hall–Kier alpha value is -0.830. The molecule has 0 heterocycles. The molecule has 1 fully saturated rings. The van der Waals surface area contributed by atoms with Gasteiger partial charge in [-0.1, -0.05) is 28.1 Å². The van der Waals surface area contributed by atoms with E-state index in [4.69, 9.17) is 5.11 Å². The number of hydrogen-bond acceptors (Lipinski definition) is 1. The van der Waals surface area contributed by atoms with Crippen molar-refractivity contribution < 1.29 is 9.90 Å². The lowest BCUT2D eigenvalue weighted by atomic mass is 10.1. The number of benzene rings is 1. The van der Waals surface area contributed by atoms with Gasteiger partial charge >= 0.3 is 5.97 Å². The summed E-state index contributed by atoms with van der Waals surface area (Å²) in [5, 5.41) is 8.74. The predicted octanol–water partition coefficient (Wildman–Crippen LogP) is 2.64. The number of carboxylic acid groups (broad SMARTS) is 1. The summed E-state index contributed by atoms with van der Waals surface area (Å²) in [4.78, 5) is 10.6. The molecule has 0 spiro atoms. The van der Waals surface area contributed by atoms with Gasteiger partial charge in [-0.2, -0.15) is 0 Å². The van der Waals surface area contributed by atoms with Crippen LogP contribution in [0.1, 0.15) is 17.9 Å². The van der Waals surface area contributed by atoms with Gasteiger partial charge in [0.2, 0.25) is 0 Å². The lowest BCUT2D eigenvalue weighted by Gasteiger charge is -1.98. The Balaban J connectivity index is 2.16. The lowest BCUT2D eigenvalue weighted by molar-refractivity contribution is -0.138. The van der Waals surface area contributed by atoms with E-state index >= 15 is 0 Å². The molecule has 68 valence electrons. The van der Waals surface area contributed by atoms with Crippen LogP contribution in [-0.2, 0) is 4.79 Å². The minimum Gasteiger partial charge on any atom is -0.481 e. The Morgan fingerprint density at radius 3 is 2.85 bits per heavy atom. The van der Waals surface area contributed by atoms with E-state index in [0.717, 1.165) is 16.5 Å². The molecule has 2 nitrogen and oxygen atoms in total. The van der Waals surface area contributed by atoms with E-state index in [2.05, 4.69) is 15.9 Å². The van der Waals surface area contributed by atoms with Gasteiger partial charge in [-0.15, -0.1) is 0 Å². The zero-order valence-electron chi connectivity index (χ0n) is 6.90. The molecule has 0 bridgehead atoms. The number of halogens is 1. The van der Waals surface area contributed by atoms with E-state index in [0.29, 0.717) is 0 Å². The van der Waals surface area contributed by atoms with Gasteiger partial charge in [0.1, 0.15) is 0 Å². The van der Waals surface area contributed by atoms with Gasteiger partial charge in [0.25, 0.3) is 0 Å². The van der Waals surface area contributed by atoms with Crippen LogP contribution in [0.25, 0.3) is 0 Å². The topological polar surface area (TPSA) is 37.3 Å². The first kappa shape index (κ1) is 8.75. The maximum Gasteiger partial charge on any atom is 0.307 e. The summed E-state index contributed by atoms with van der Waals surface area (Å²) in [6.45, 7) is 0. The average Bonchev–Trinajstić information content (AvgIpc) is 2.82. The van der Waals surface area contributed by atoms with Crippen LogP contribution < -0.4 is 0 Å². The second-order valence-electron chi connectivity index (χ2n) is 3.34. The second-order valence-corrected chi connectivity index (χ2v) is 4.26. The summed E-state index contributed by atoms with van der Waals surface area (Å²) in [6.07, 6.45) is 0.784. The number of rotatable bonds is 2. The van der Waals surface area contributed by atoms with E-state index in [9.17, 15) is 4.79 Å². The quantitative estimate of drug-likeness (QED) is 0.864. The highest BCUT2D eigenvalue weighted by Crippen LogP contribution is 2.47. The van der Waals surface area contributed by atoms with Crippen molar-refractivity contribution in [3.05, 3.63) is 34.3 Å². The third-order valence-corrected chi connectivity index (χ3v) is 2.88. The van der Waals surface area contributed by atoms with Gasteiger partial charge in [0, 0.05) is 4.47 Å². The zero-order chi connectivity index (χ0) is 9.42. The number of carbonyl (C=O) groups is 1. The maximum atomic E-state index is 10.6. The van der Waals surface area contributed by atoms with Crippen LogP contribution in [0.3, 0.4) is 0 Å². The summed E-state index contributed by atoms with van der Waals surface area (Å²) < 4.78 is 1.01. The summed E-state index contributed by atoms with van der Waals surface area (Å²) in [6, 6.07) is 7.87. The largest absolute Gasteiger partial charge is 0.481 e. The SMILES string of the molecule is O=C(O)[C@H]1CC1c1cccc(Br)c1. The number of carboxylic acids is 1. The first-order valence-corrected chi connectivity index (χ1v) is 4.96. The molecule has 0 amide bonds. The summed E-state index contributed by atoms with van der Waals surface area (Å²) >= 11 is 3.37. The van der Waals surface area contributed by atoms with Crippen LogP contribution in [0, 0.1) is 5.92 Å². The average molecular weight is 241 g/mol. The van der Waals surface area contributed by atoms with Crippen molar-refractivity contribution in [2.45, 2.75) is 12.3 Å². The molecule has 1 aliphatic carbocycles. The Bertz CT molecular complexity index is 349. The van der Waals surface area contributed by atoms with Crippen LogP contribution >= 0.6 is 15.9 Å². The van der Waals surface area contributed by atoms with E-state index in [1.165, 1.54) is 0 Å². The van der Waals surface area contributed by atoms with Crippen LogP contribution in [0.4, 0.5) is 0 Å². The first-order valence-electron chi connectivity index (χ1n) is 4.17. The molecule has 1 aliphatic rings. The van der Waals surface area contributed by atoms with Gasteiger partial charge in [0.15, 0.2) is 0 Å². The fourth-order valence-corrected chi connectivity index (χ4v) is 1.99. The molecule has 13 heavy (non-hydrogen) atoms. The third-order valence-electron chi connectivity index (χ3n) is 2.38. The normalized spacial score (nSPS) is 25.6. The summed E-state index contributed by atoms with van der Waals surface area (Å²) in [5.41, 5.74) is 1.13. The van der Waals surface area contributed by atoms with Crippen molar-refractivity contribution in [1.29, 1.82) is 0 Å². The van der Waals surface area contributed by atoms with Crippen LogP contribution in [0.2, 0.25) is 0 Å². The summed E-state index contributed by atoms with van der Waals surface area (Å²) in [7, 11) is 0. The molecular formula is C10H9BrO2. The van der Waals surface area contributed by atoms with Gasteiger partial charge in [-0.05, 0) is 30.0 Å². The molecule has 1 N–H and O–H groups in total. The van der Waals surface area contributed by atoms with Crippen LogP contribution in [0.15, 0.2) is 28.7 Å². The maximum absolute atomic E-state index is 10.6. The van der Waals surface area contributed by atoms with E-state index in [1.54, 1.807) is 0 Å². The first-order chi connectivity index (χ1) is 6.18. The third kappa shape index (κ3) is 1.75. The van der Waals surface area contributed by atoms with E-state index < -0.39 is 5.97 Å². The highest BCUT2D eigenvalue weighted by atomic mass is 79.9. The lowest BCUT2D eigenvalue weighted by Crippen LogP contribution is -1.98. The Morgan fingerprint density at radius 2 is 2.31 bits per heavy atom. The molecule has 1 aromatic carbocycles. The Labute approximate surface area is 84.7 Å². The van der Waals surface area contributed by atoms with Crippen LogP contribution in [-0.4, -0.2) is 11.1 Å². The summed E-state index contributed by atoms with van der Waals surface area (Å²) in [5.74, 6) is -0.603. The molecule has 0 aromatic heterocycles. The van der Waals surface area contributed by atoms with Crippen molar-refractivity contribution in [2.75, 3.05) is 0 Å². The van der Waals surface area contributed by atoms with Crippen LogP contribution in [0.5, 0.6) is 0 Å². The molecule has 0 radical (unpaired) electrons. The zero-order valence-corrected chi connectivity index (χ0v) is 8.49. The highest BCUT2D eigenvalue weighted by molar-refractivity contribution is 9.10. The molecule has 2 rings (SSSR count). The molecule has 0 aliphatic heterocycles. The van der Waals surface area contributed by atoms with Crippen molar-refractivity contribution in [3.8, 4) is 0 Å². The van der Waals surface area contributed by atoms with Crippen molar-refractivity contribution in [2.24, 2.45) is 5.92 Å². The number of hydrogen-bond donors (Lipinski definition) is 1. The van der Waals surface area contributed by atoms with Gasteiger partial charge in [-0.25, -0.2) is 0 Å². The molecule has 3 heteroatoms. The highest BCUT2D eigenvalue weighted by Gasteiger charge is 2.44. The number of aliphatic carboxylic acids is 1. The standard InChI is InChI=1S/C10H9BrO2/c11-7-3-1-2-6(4-7)8-5-9(8)10(12)13/h1-4,8-9H,5H2,(H,12,13)/t8?,9-/m0/s1. The fourth-order valence-electron chi connectivity index (χ4n) is 1.57. The second kappa shape index (κ2) is 3.14. The van der Waals surface area contributed by atoms with Crippen molar-refractivity contribution in [3.63, 3.8) is 0 Å². The molecule has 1 aromatic rings. The van der Waals surface area contributed by atoms with Crippen molar-refractivity contribution >= 4 is 21.9 Å². The molecule has 1 unspecified atom stereocenters. The molecule has 0 saturated heterocycles. The molecule has 2 atom stereocenters.